The third-order valence-electron chi connectivity index (χ3n) is 4.67. The van der Waals surface area contributed by atoms with E-state index in [4.69, 9.17) is 0 Å². The average molecular weight is 410 g/mol. The Morgan fingerprint density at radius 2 is 1.48 bits per heavy atom. The smallest absolute Gasteiger partial charge is 0.243 e. The lowest BCUT2D eigenvalue weighted by Crippen LogP contribution is -2.41. The fourth-order valence-corrected chi connectivity index (χ4v) is 4.21. The van der Waals surface area contributed by atoms with Crippen LogP contribution in [0.4, 0.5) is 0 Å². The zero-order valence-corrected chi connectivity index (χ0v) is 17.2. The molecule has 0 fully saturated rings. The summed E-state index contributed by atoms with van der Waals surface area (Å²) in [4.78, 5) is 19.1. The zero-order chi connectivity index (χ0) is 20.9. The molecule has 7 heteroatoms. The van der Waals surface area contributed by atoms with Gasteiger partial charge in [-0.1, -0.05) is 54.6 Å². The minimum Gasteiger partial charge on any atom is -0.332 e. The van der Waals surface area contributed by atoms with E-state index in [0.29, 0.717) is 5.69 Å². The fourth-order valence-electron chi connectivity index (χ4n) is 3.07. The highest BCUT2D eigenvalue weighted by molar-refractivity contribution is 7.89. The summed E-state index contributed by atoms with van der Waals surface area (Å²) < 4.78 is 26.6. The van der Waals surface area contributed by atoms with Crippen molar-refractivity contribution in [2.24, 2.45) is 0 Å². The van der Waals surface area contributed by atoms with Gasteiger partial charge in [-0.2, -0.15) is 4.31 Å². The lowest BCUT2D eigenvalue weighted by atomic mass is 10.0. The largest absolute Gasteiger partial charge is 0.332 e. The molecule has 1 atom stereocenters. The number of benzene rings is 2. The van der Waals surface area contributed by atoms with Gasteiger partial charge in [0.05, 0.1) is 23.2 Å². The number of carbonyl (C=O) groups is 1. The molecule has 0 aliphatic heterocycles. The van der Waals surface area contributed by atoms with Crippen molar-refractivity contribution in [1.82, 2.24) is 14.2 Å². The van der Waals surface area contributed by atoms with Gasteiger partial charge in [-0.05, 0) is 29.8 Å². The summed E-state index contributed by atoms with van der Waals surface area (Å²) in [5, 5.41) is 0. The van der Waals surface area contributed by atoms with Crippen LogP contribution in [0.3, 0.4) is 0 Å². The zero-order valence-electron chi connectivity index (χ0n) is 16.3. The van der Waals surface area contributed by atoms with E-state index >= 15 is 0 Å². The molecular formula is C22H23N3O3S. The quantitative estimate of drug-likeness (QED) is 0.602. The number of hydrogen-bond donors (Lipinski definition) is 0. The Morgan fingerprint density at radius 1 is 0.897 bits per heavy atom. The van der Waals surface area contributed by atoms with Gasteiger partial charge in [0.25, 0.3) is 0 Å². The maximum absolute atomic E-state index is 13.0. The highest BCUT2D eigenvalue weighted by atomic mass is 32.2. The first-order chi connectivity index (χ1) is 13.9. The van der Waals surface area contributed by atoms with Crippen LogP contribution < -0.4 is 0 Å². The van der Waals surface area contributed by atoms with Crippen LogP contribution in [-0.4, -0.2) is 49.2 Å². The maximum Gasteiger partial charge on any atom is 0.243 e. The highest BCUT2D eigenvalue weighted by Crippen LogP contribution is 2.26. The molecule has 0 saturated heterocycles. The van der Waals surface area contributed by atoms with Gasteiger partial charge < -0.3 is 4.90 Å². The molecule has 1 aromatic heterocycles. The lowest BCUT2D eigenvalue weighted by Gasteiger charge is -2.29. The van der Waals surface area contributed by atoms with Gasteiger partial charge in [0, 0.05) is 20.3 Å². The van der Waals surface area contributed by atoms with Gasteiger partial charge in [0.1, 0.15) is 0 Å². The van der Waals surface area contributed by atoms with E-state index in [0.717, 1.165) is 9.87 Å². The van der Waals surface area contributed by atoms with Crippen LogP contribution in [0.25, 0.3) is 0 Å². The number of nitrogens with zero attached hydrogens (tertiary/aromatic N) is 3. The first kappa shape index (κ1) is 20.7. The second kappa shape index (κ2) is 8.98. The predicted molar refractivity (Wildman–Crippen MR) is 112 cm³/mol. The van der Waals surface area contributed by atoms with E-state index in [-0.39, 0.29) is 17.3 Å². The monoisotopic (exact) mass is 409 g/mol. The maximum atomic E-state index is 13.0. The summed E-state index contributed by atoms with van der Waals surface area (Å²) in [6, 6.07) is 22.7. The van der Waals surface area contributed by atoms with E-state index in [9.17, 15) is 13.2 Å². The Labute approximate surface area is 171 Å². The molecule has 3 rings (SSSR count). The van der Waals surface area contributed by atoms with E-state index in [1.54, 1.807) is 31.4 Å². The van der Waals surface area contributed by atoms with Crippen LogP contribution in [0.1, 0.15) is 17.3 Å². The topological polar surface area (TPSA) is 70.6 Å². The van der Waals surface area contributed by atoms with Crippen molar-refractivity contribution in [3.8, 4) is 0 Å². The minimum atomic E-state index is -3.75. The van der Waals surface area contributed by atoms with Crippen molar-refractivity contribution in [2.45, 2.75) is 10.9 Å². The highest BCUT2D eigenvalue weighted by Gasteiger charge is 2.28. The summed E-state index contributed by atoms with van der Waals surface area (Å²) in [6.07, 6.45) is 1.68. The molecule has 0 radical (unpaired) electrons. The number of hydrogen-bond acceptors (Lipinski definition) is 4. The van der Waals surface area contributed by atoms with Gasteiger partial charge in [-0.25, -0.2) is 8.42 Å². The van der Waals surface area contributed by atoms with Crippen LogP contribution in [0.5, 0.6) is 0 Å². The van der Waals surface area contributed by atoms with Crippen molar-refractivity contribution in [3.05, 3.63) is 96.3 Å². The normalized spacial score (nSPS) is 12.5. The van der Waals surface area contributed by atoms with Crippen LogP contribution >= 0.6 is 0 Å². The molecule has 1 heterocycles. The first-order valence-electron chi connectivity index (χ1n) is 9.14. The van der Waals surface area contributed by atoms with Gasteiger partial charge in [-0.3, -0.25) is 9.78 Å². The molecule has 6 nitrogen and oxygen atoms in total. The van der Waals surface area contributed by atoms with Crippen molar-refractivity contribution in [1.29, 1.82) is 0 Å². The number of pyridine rings is 1. The molecule has 1 amide bonds. The Bertz CT molecular complexity index is 1000. The SMILES string of the molecule is CN(C(=O)CN(C)S(=O)(=O)c1ccccc1)C(c1ccccc1)c1ccccn1. The molecule has 2 aromatic carbocycles. The summed E-state index contributed by atoms with van der Waals surface area (Å²) in [5.74, 6) is -0.327. The molecular weight excluding hydrogens is 386 g/mol. The van der Waals surface area contributed by atoms with Gasteiger partial charge >= 0.3 is 0 Å². The fraction of sp³-hybridized carbons (Fsp3) is 0.182. The molecule has 1 unspecified atom stereocenters. The summed E-state index contributed by atoms with van der Waals surface area (Å²) in [7, 11) is -0.679. The predicted octanol–water partition coefficient (Wildman–Crippen LogP) is 2.95. The number of carbonyl (C=O) groups excluding carboxylic acids is 1. The minimum absolute atomic E-state index is 0.155. The Morgan fingerprint density at radius 3 is 2.07 bits per heavy atom. The summed E-state index contributed by atoms with van der Waals surface area (Å²) in [5.41, 5.74) is 1.61. The number of likely N-dealkylation sites (N-methyl/N-ethyl adjacent to an activating group) is 2. The molecule has 0 spiro atoms. The molecule has 3 aromatic rings. The lowest BCUT2D eigenvalue weighted by molar-refractivity contribution is -0.131. The average Bonchev–Trinajstić information content (AvgIpc) is 2.76. The number of amides is 1. The van der Waals surface area contributed by atoms with Crippen molar-refractivity contribution in [3.63, 3.8) is 0 Å². The number of rotatable bonds is 7. The molecule has 0 aliphatic carbocycles. The van der Waals surface area contributed by atoms with Crippen molar-refractivity contribution < 1.29 is 13.2 Å². The van der Waals surface area contributed by atoms with Gasteiger partial charge in [0.15, 0.2) is 0 Å². The second-order valence-electron chi connectivity index (χ2n) is 6.65. The van der Waals surface area contributed by atoms with Crippen molar-refractivity contribution in [2.75, 3.05) is 20.6 Å². The van der Waals surface area contributed by atoms with E-state index in [1.165, 1.54) is 24.1 Å². The Kier molecular flexibility index (Phi) is 6.41. The number of sulfonamides is 1. The third kappa shape index (κ3) is 4.70. The van der Waals surface area contributed by atoms with Gasteiger partial charge in [0.2, 0.25) is 15.9 Å². The van der Waals surface area contributed by atoms with E-state index in [2.05, 4.69) is 4.98 Å². The van der Waals surface area contributed by atoms with E-state index in [1.807, 2.05) is 48.5 Å². The summed E-state index contributed by atoms with van der Waals surface area (Å²) >= 11 is 0. The van der Waals surface area contributed by atoms with Crippen LogP contribution in [0.2, 0.25) is 0 Å². The molecule has 0 bridgehead atoms. The molecule has 0 N–H and O–H groups in total. The van der Waals surface area contributed by atoms with E-state index < -0.39 is 16.1 Å². The number of aromatic nitrogens is 1. The Balaban J connectivity index is 1.85. The second-order valence-corrected chi connectivity index (χ2v) is 8.69. The molecule has 150 valence electrons. The Hall–Kier alpha value is -3.03. The molecule has 29 heavy (non-hydrogen) atoms. The summed E-state index contributed by atoms with van der Waals surface area (Å²) in [6.45, 7) is -0.274. The third-order valence-corrected chi connectivity index (χ3v) is 6.49. The van der Waals surface area contributed by atoms with Crippen molar-refractivity contribution >= 4 is 15.9 Å². The molecule has 0 aliphatic rings. The van der Waals surface area contributed by atoms with Crippen LogP contribution in [-0.2, 0) is 14.8 Å². The van der Waals surface area contributed by atoms with Gasteiger partial charge in [-0.15, -0.1) is 0 Å². The van der Waals surface area contributed by atoms with Crippen LogP contribution in [0, 0.1) is 0 Å². The molecule has 0 saturated carbocycles. The first-order valence-corrected chi connectivity index (χ1v) is 10.6. The standard InChI is InChI=1S/C22H23N3O3S/c1-24(29(27,28)19-13-7-4-8-14-19)17-21(26)25(2)22(18-11-5-3-6-12-18)20-15-9-10-16-23-20/h3-16,22H,17H2,1-2H3. The van der Waals surface area contributed by atoms with Crippen LogP contribution in [0.15, 0.2) is 90.0 Å².